The standard InChI is InChI=1S/C20H15NO2/c1-14-17(12-15-8-4-2-5-9-15)20(22)23-19(18(14)13-21)16-10-6-3-7-11-16/h2-11H,12H2,1H3. The molecule has 0 saturated heterocycles. The Morgan fingerprint density at radius 3 is 2.22 bits per heavy atom. The molecule has 23 heavy (non-hydrogen) atoms. The molecule has 0 spiro atoms. The zero-order valence-electron chi connectivity index (χ0n) is 12.7. The number of hydrogen-bond acceptors (Lipinski definition) is 3. The van der Waals surface area contributed by atoms with Gasteiger partial charge in [-0.1, -0.05) is 60.7 Å². The van der Waals surface area contributed by atoms with Crippen LogP contribution in [0.4, 0.5) is 0 Å². The summed E-state index contributed by atoms with van der Waals surface area (Å²) in [6, 6.07) is 21.1. The average molecular weight is 301 g/mol. The minimum absolute atomic E-state index is 0.340. The van der Waals surface area contributed by atoms with Gasteiger partial charge in [-0.3, -0.25) is 0 Å². The number of hydrogen-bond donors (Lipinski definition) is 0. The highest BCUT2D eigenvalue weighted by molar-refractivity contribution is 5.67. The van der Waals surface area contributed by atoms with Crippen LogP contribution in [0, 0.1) is 18.3 Å². The van der Waals surface area contributed by atoms with Crippen molar-refractivity contribution in [1.82, 2.24) is 0 Å². The van der Waals surface area contributed by atoms with E-state index in [4.69, 9.17) is 4.42 Å². The fraction of sp³-hybridized carbons (Fsp3) is 0.100. The Hall–Kier alpha value is -3.12. The Morgan fingerprint density at radius 1 is 1.00 bits per heavy atom. The maximum absolute atomic E-state index is 12.4. The summed E-state index contributed by atoms with van der Waals surface area (Å²) in [5, 5.41) is 9.53. The number of rotatable bonds is 3. The smallest absolute Gasteiger partial charge is 0.340 e. The maximum atomic E-state index is 12.4. The molecular formula is C20H15NO2. The van der Waals surface area contributed by atoms with Crippen molar-refractivity contribution in [3.63, 3.8) is 0 Å². The fourth-order valence-electron chi connectivity index (χ4n) is 2.61. The van der Waals surface area contributed by atoms with Gasteiger partial charge in [-0.05, 0) is 18.1 Å². The molecule has 0 unspecified atom stereocenters. The Labute approximate surface area is 134 Å². The third-order valence-corrected chi connectivity index (χ3v) is 3.87. The monoisotopic (exact) mass is 301 g/mol. The molecule has 0 aliphatic heterocycles. The minimum Gasteiger partial charge on any atom is -0.421 e. The van der Waals surface area contributed by atoms with Gasteiger partial charge in [0.05, 0.1) is 5.56 Å². The maximum Gasteiger partial charge on any atom is 0.340 e. The van der Waals surface area contributed by atoms with Crippen LogP contribution >= 0.6 is 0 Å². The van der Waals surface area contributed by atoms with Gasteiger partial charge in [-0.15, -0.1) is 0 Å². The summed E-state index contributed by atoms with van der Waals surface area (Å²) in [4.78, 5) is 12.4. The Balaban J connectivity index is 2.15. The summed E-state index contributed by atoms with van der Waals surface area (Å²) in [6.07, 6.45) is 0.457. The van der Waals surface area contributed by atoms with Gasteiger partial charge in [-0.25, -0.2) is 4.79 Å². The summed E-state index contributed by atoms with van der Waals surface area (Å²) in [6.45, 7) is 1.81. The van der Waals surface area contributed by atoms with E-state index in [0.29, 0.717) is 28.9 Å². The Bertz CT molecular complexity index is 920. The molecule has 0 aliphatic carbocycles. The van der Waals surface area contributed by atoms with E-state index in [0.717, 1.165) is 11.1 Å². The normalized spacial score (nSPS) is 10.3. The van der Waals surface area contributed by atoms with Crippen molar-refractivity contribution in [1.29, 1.82) is 5.26 Å². The van der Waals surface area contributed by atoms with Gasteiger partial charge in [0.25, 0.3) is 0 Å². The largest absolute Gasteiger partial charge is 0.421 e. The lowest BCUT2D eigenvalue weighted by molar-refractivity contribution is 0.514. The van der Waals surface area contributed by atoms with E-state index in [2.05, 4.69) is 6.07 Å². The van der Waals surface area contributed by atoms with Gasteiger partial charge < -0.3 is 4.42 Å². The van der Waals surface area contributed by atoms with Crippen LogP contribution in [-0.2, 0) is 6.42 Å². The zero-order valence-corrected chi connectivity index (χ0v) is 12.7. The topological polar surface area (TPSA) is 54.0 Å². The highest BCUT2D eigenvalue weighted by Crippen LogP contribution is 2.26. The molecule has 3 heteroatoms. The first-order valence-electron chi connectivity index (χ1n) is 7.36. The van der Waals surface area contributed by atoms with Crippen LogP contribution in [0.5, 0.6) is 0 Å². The van der Waals surface area contributed by atoms with E-state index in [1.165, 1.54) is 0 Å². The third-order valence-electron chi connectivity index (χ3n) is 3.87. The van der Waals surface area contributed by atoms with Crippen molar-refractivity contribution < 1.29 is 4.42 Å². The molecule has 0 radical (unpaired) electrons. The van der Waals surface area contributed by atoms with Gasteiger partial charge in [0, 0.05) is 17.5 Å². The van der Waals surface area contributed by atoms with Gasteiger partial charge in [-0.2, -0.15) is 5.26 Å². The lowest BCUT2D eigenvalue weighted by atomic mass is 9.97. The highest BCUT2D eigenvalue weighted by atomic mass is 16.4. The second kappa shape index (κ2) is 6.33. The molecule has 3 nitrogen and oxygen atoms in total. The summed E-state index contributed by atoms with van der Waals surface area (Å²) >= 11 is 0. The van der Waals surface area contributed by atoms with E-state index in [-0.39, 0.29) is 5.63 Å². The number of nitriles is 1. The van der Waals surface area contributed by atoms with Crippen LogP contribution in [0.3, 0.4) is 0 Å². The first-order chi connectivity index (χ1) is 11.2. The van der Waals surface area contributed by atoms with Gasteiger partial charge >= 0.3 is 5.63 Å². The van der Waals surface area contributed by atoms with Gasteiger partial charge in [0.2, 0.25) is 0 Å². The molecule has 1 heterocycles. The minimum atomic E-state index is -0.385. The van der Waals surface area contributed by atoms with Crippen LogP contribution in [0.1, 0.15) is 22.3 Å². The Kier molecular flexibility index (Phi) is 4.07. The van der Waals surface area contributed by atoms with Crippen LogP contribution in [0.25, 0.3) is 11.3 Å². The first kappa shape index (κ1) is 14.8. The summed E-state index contributed by atoms with van der Waals surface area (Å²) < 4.78 is 5.49. The molecule has 0 atom stereocenters. The third kappa shape index (κ3) is 2.93. The SMILES string of the molecule is Cc1c(C#N)c(-c2ccccc2)oc(=O)c1Cc1ccccc1. The van der Waals surface area contributed by atoms with Crippen molar-refractivity contribution in [2.45, 2.75) is 13.3 Å². The average Bonchev–Trinajstić information content (AvgIpc) is 2.60. The second-order valence-corrected chi connectivity index (χ2v) is 5.34. The second-order valence-electron chi connectivity index (χ2n) is 5.34. The molecule has 3 rings (SSSR count). The van der Waals surface area contributed by atoms with Crippen LogP contribution < -0.4 is 5.63 Å². The fourth-order valence-corrected chi connectivity index (χ4v) is 2.61. The summed E-state index contributed by atoms with van der Waals surface area (Å²) in [7, 11) is 0. The van der Waals surface area contributed by atoms with Crippen molar-refractivity contribution in [3.05, 3.63) is 93.3 Å². The quantitative estimate of drug-likeness (QED) is 0.732. The highest BCUT2D eigenvalue weighted by Gasteiger charge is 2.18. The molecule has 3 aromatic rings. The summed E-state index contributed by atoms with van der Waals surface area (Å²) in [5.41, 5.74) is 3.00. The van der Waals surface area contributed by atoms with E-state index in [1.54, 1.807) is 6.92 Å². The molecule has 0 amide bonds. The van der Waals surface area contributed by atoms with E-state index in [9.17, 15) is 10.1 Å². The number of benzene rings is 2. The predicted molar refractivity (Wildman–Crippen MR) is 89.1 cm³/mol. The van der Waals surface area contributed by atoms with Crippen LogP contribution in [-0.4, -0.2) is 0 Å². The molecule has 0 saturated carbocycles. The van der Waals surface area contributed by atoms with Crippen LogP contribution in [0.2, 0.25) is 0 Å². The molecule has 112 valence electrons. The van der Waals surface area contributed by atoms with Crippen LogP contribution in [0.15, 0.2) is 69.9 Å². The zero-order chi connectivity index (χ0) is 16.2. The predicted octanol–water partition coefficient (Wildman–Crippen LogP) is 4.08. The molecular weight excluding hydrogens is 286 g/mol. The van der Waals surface area contributed by atoms with Crippen molar-refractivity contribution in [3.8, 4) is 17.4 Å². The van der Waals surface area contributed by atoms with E-state index < -0.39 is 0 Å². The van der Waals surface area contributed by atoms with Gasteiger partial charge in [0.15, 0.2) is 5.76 Å². The molecule has 0 N–H and O–H groups in total. The molecule has 1 aromatic heterocycles. The molecule has 0 fully saturated rings. The van der Waals surface area contributed by atoms with Crippen molar-refractivity contribution >= 4 is 0 Å². The Morgan fingerprint density at radius 2 is 1.61 bits per heavy atom. The van der Waals surface area contributed by atoms with Gasteiger partial charge in [0.1, 0.15) is 6.07 Å². The van der Waals surface area contributed by atoms with E-state index in [1.807, 2.05) is 60.7 Å². The lowest BCUT2D eigenvalue weighted by Crippen LogP contribution is -2.13. The molecule has 0 bridgehead atoms. The van der Waals surface area contributed by atoms with Crippen molar-refractivity contribution in [2.24, 2.45) is 0 Å². The number of nitrogens with zero attached hydrogens (tertiary/aromatic N) is 1. The molecule has 0 aliphatic rings. The first-order valence-corrected chi connectivity index (χ1v) is 7.36. The summed E-state index contributed by atoms with van der Waals surface area (Å²) in [5.74, 6) is 0.340. The van der Waals surface area contributed by atoms with E-state index >= 15 is 0 Å². The molecule has 2 aromatic carbocycles. The van der Waals surface area contributed by atoms with Crippen molar-refractivity contribution in [2.75, 3.05) is 0 Å². The lowest BCUT2D eigenvalue weighted by Gasteiger charge is -2.10.